The molecule has 0 saturated carbocycles. The third-order valence-corrected chi connectivity index (χ3v) is 4.26. The van der Waals surface area contributed by atoms with E-state index in [1.165, 1.54) is 5.56 Å². The third kappa shape index (κ3) is 4.08. The number of terminal acetylenes is 1. The van der Waals surface area contributed by atoms with Gasteiger partial charge in [0.05, 0.1) is 0 Å². The Morgan fingerprint density at radius 3 is 2.81 bits per heavy atom. The average Bonchev–Trinajstić information content (AvgIpc) is 3.01. The molecule has 5 nitrogen and oxygen atoms in total. The fraction of sp³-hybridized carbons (Fsp3) is 0.150. The molecular weight excluding hydrogens is 344 g/mol. The minimum absolute atomic E-state index is 0.114. The van der Waals surface area contributed by atoms with Crippen LogP contribution in [0.5, 0.6) is 0 Å². The van der Waals surface area contributed by atoms with Crippen molar-refractivity contribution in [3.05, 3.63) is 64.4 Å². The van der Waals surface area contributed by atoms with E-state index in [9.17, 15) is 4.79 Å². The molecule has 0 bridgehead atoms. The van der Waals surface area contributed by atoms with Gasteiger partial charge >= 0.3 is 0 Å². The van der Waals surface area contributed by atoms with Crippen LogP contribution in [0.15, 0.2) is 48.5 Å². The Balaban J connectivity index is 1.71. The van der Waals surface area contributed by atoms with Gasteiger partial charge in [-0.1, -0.05) is 41.8 Å². The van der Waals surface area contributed by atoms with Gasteiger partial charge in [0.25, 0.3) is 0 Å². The Kier molecular flexibility index (Phi) is 5.30. The zero-order chi connectivity index (χ0) is 18.5. The number of aromatic amines is 1. The Bertz CT molecular complexity index is 1020. The topological polar surface area (TPSA) is 62.7 Å². The van der Waals surface area contributed by atoms with E-state index in [0.717, 1.165) is 17.0 Å². The predicted molar refractivity (Wildman–Crippen MR) is 105 cm³/mol. The van der Waals surface area contributed by atoms with Gasteiger partial charge in [0.2, 0.25) is 5.91 Å². The van der Waals surface area contributed by atoms with E-state index in [1.54, 1.807) is 12.1 Å². The van der Waals surface area contributed by atoms with Crippen LogP contribution in [0, 0.1) is 24.0 Å². The zero-order valence-electron chi connectivity index (χ0n) is 14.3. The lowest BCUT2D eigenvalue weighted by Crippen LogP contribution is -2.15. The fourth-order valence-corrected chi connectivity index (χ4v) is 2.80. The number of aryl methyl sites for hydroxylation is 1. The van der Waals surface area contributed by atoms with Gasteiger partial charge in [-0.05, 0) is 37.3 Å². The number of hydrogen-bond donors (Lipinski definition) is 2. The van der Waals surface area contributed by atoms with Crippen molar-refractivity contribution in [2.45, 2.75) is 19.9 Å². The predicted octanol–water partition coefficient (Wildman–Crippen LogP) is 3.93. The lowest BCUT2D eigenvalue weighted by Gasteiger charge is -2.08. The van der Waals surface area contributed by atoms with E-state index in [1.807, 2.05) is 47.9 Å². The van der Waals surface area contributed by atoms with Crippen molar-refractivity contribution in [3.8, 4) is 23.7 Å². The molecule has 1 amide bonds. The SMILES string of the molecule is C#Cc1cccc(NC(=O)CCn2c(-c3ccc(C)cc3)n[nH]c2=S)c1. The van der Waals surface area contributed by atoms with E-state index < -0.39 is 0 Å². The van der Waals surface area contributed by atoms with Crippen LogP contribution in [0.25, 0.3) is 11.4 Å². The molecule has 0 unspecified atom stereocenters. The average molecular weight is 362 g/mol. The quantitative estimate of drug-likeness (QED) is 0.534. The van der Waals surface area contributed by atoms with Crippen LogP contribution in [-0.4, -0.2) is 20.7 Å². The molecule has 0 aliphatic heterocycles. The number of amides is 1. The molecule has 3 aromatic rings. The van der Waals surface area contributed by atoms with Gasteiger partial charge in [-0.15, -0.1) is 6.42 Å². The standard InChI is InChI=1S/C20H18N4OS/c1-3-15-5-4-6-17(13-15)21-18(25)11-12-24-19(22-23-20(24)26)16-9-7-14(2)8-10-16/h1,4-10,13H,11-12H2,2H3,(H,21,25)(H,23,26). The second-order valence-corrected chi connectivity index (χ2v) is 6.28. The summed E-state index contributed by atoms with van der Waals surface area (Å²) in [4.78, 5) is 12.3. The molecule has 1 aromatic heterocycles. The second kappa shape index (κ2) is 7.81. The highest BCUT2D eigenvalue weighted by Gasteiger charge is 2.11. The summed E-state index contributed by atoms with van der Waals surface area (Å²) in [6.45, 7) is 2.46. The van der Waals surface area contributed by atoms with E-state index >= 15 is 0 Å². The van der Waals surface area contributed by atoms with E-state index in [-0.39, 0.29) is 12.3 Å². The number of benzene rings is 2. The fourth-order valence-electron chi connectivity index (χ4n) is 2.57. The summed E-state index contributed by atoms with van der Waals surface area (Å²) in [6.07, 6.45) is 5.65. The first kappa shape index (κ1) is 17.6. The molecular formula is C20H18N4OS. The van der Waals surface area contributed by atoms with Crippen molar-refractivity contribution in [2.75, 3.05) is 5.32 Å². The molecule has 2 N–H and O–H groups in total. The van der Waals surface area contributed by atoms with Gasteiger partial charge in [0.1, 0.15) is 0 Å². The Morgan fingerprint density at radius 2 is 2.08 bits per heavy atom. The third-order valence-electron chi connectivity index (χ3n) is 3.94. The summed E-state index contributed by atoms with van der Waals surface area (Å²) >= 11 is 5.30. The normalized spacial score (nSPS) is 10.3. The maximum Gasteiger partial charge on any atom is 0.226 e. The molecule has 130 valence electrons. The molecule has 0 saturated heterocycles. The Hall–Kier alpha value is -3.17. The van der Waals surface area contributed by atoms with Crippen molar-refractivity contribution < 1.29 is 4.79 Å². The van der Waals surface area contributed by atoms with Crippen LogP contribution in [0.3, 0.4) is 0 Å². The minimum Gasteiger partial charge on any atom is -0.326 e. The number of aromatic nitrogens is 3. The summed E-state index contributed by atoms with van der Waals surface area (Å²) in [7, 11) is 0. The van der Waals surface area contributed by atoms with Gasteiger partial charge in [-0.2, -0.15) is 5.10 Å². The molecule has 0 radical (unpaired) electrons. The molecule has 6 heteroatoms. The highest BCUT2D eigenvalue weighted by molar-refractivity contribution is 7.71. The van der Waals surface area contributed by atoms with E-state index in [0.29, 0.717) is 17.0 Å². The van der Waals surface area contributed by atoms with Gasteiger partial charge < -0.3 is 5.32 Å². The lowest BCUT2D eigenvalue weighted by molar-refractivity contribution is -0.116. The molecule has 1 heterocycles. The molecule has 0 aliphatic rings. The molecule has 2 aromatic carbocycles. The van der Waals surface area contributed by atoms with Crippen molar-refractivity contribution >= 4 is 23.8 Å². The highest BCUT2D eigenvalue weighted by atomic mass is 32.1. The number of anilines is 1. The van der Waals surface area contributed by atoms with Crippen LogP contribution < -0.4 is 5.32 Å². The second-order valence-electron chi connectivity index (χ2n) is 5.89. The molecule has 0 fully saturated rings. The first-order valence-corrected chi connectivity index (χ1v) is 8.56. The highest BCUT2D eigenvalue weighted by Crippen LogP contribution is 2.18. The monoisotopic (exact) mass is 362 g/mol. The van der Waals surface area contributed by atoms with Crippen LogP contribution in [0.4, 0.5) is 5.69 Å². The van der Waals surface area contributed by atoms with Crippen LogP contribution in [0.2, 0.25) is 0 Å². The van der Waals surface area contributed by atoms with Crippen LogP contribution in [-0.2, 0) is 11.3 Å². The number of carbonyl (C=O) groups is 1. The van der Waals surface area contributed by atoms with Crippen LogP contribution in [0.1, 0.15) is 17.5 Å². The van der Waals surface area contributed by atoms with Crippen molar-refractivity contribution in [2.24, 2.45) is 0 Å². The van der Waals surface area contributed by atoms with Crippen molar-refractivity contribution in [1.29, 1.82) is 0 Å². The maximum atomic E-state index is 12.3. The zero-order valence-corrected chi connectivity index (χ0v) is 15.1. The van der Waals surface area contributed by atoms with Gasteiger partial charge in [-0.3, -0.25) is 14.5 Å². The molecule has 0 aliphatic carbocycles. The summed E-state index contributed by atoms with van der Waals surface area (Å²) in [6, 6.07) is 15.2. The van der Waals surface area contributed by atoms with Gasteiger partial charge in [0.15, 0.2) is 10.6 Å². The Labute approximate surface area is 157 Å². The van der Waals surface area contributed by atoms with Crippen molar-refractivity contribution in [3.63, 3.8) is 0 Å². The number of nitrogens with one attached hydrogen (secondary N) is 2. The number of H-pyrrole nitrogens is 1. The van der Waals surface area contributed by atoms with Gasteiger partial charge in [0, 0.05) is 29.8 Å². The smallest absolute Gasteiger partial charge is 0.226 e. The van der Waals surface area contributed by atoms with Crippen LogP contribution >= 0.6 is 12.2 Å². The molecule has 0 spiro atoms. The number of hydrogen-bond acceptors (Lipinski definition) is 3. The number of carbonyl (C=O) groups excluding carboxylic acids is 1. The van der Waals surface area contributed by atoms with E-state index in [4.69, 9.17) is 18.6 Å². The van der Waals surface area contributed by atoms with E-state index in [2.05, 4.69) is 21.4 Å². The summed E-state index contributed by atoms with van der Waals surface area (Å²) in [5.74, 6) is 3.16. The first-order chi connectivity index (χ1) is 12.6. The summed E-state index contributed by atoms with van der Waals surface area (Å²) in [5, 5.41) is 9.95. The largest absolute Gasteiger partial charge is 0.326 e. The maximum absolute atomic E-state index is 12.3. The lowest BCUT2D eigenvalue weighted by atomic mass is 10.1. The summed E-state index contributed by atoms with van der Waals surface area (Å²) < 4.78 is 2.32. The molecule has 0 atom stereocenters. The molecule has 3 rings (SSSR count). The Morgan fingerprint density at radius 1 is 1.31 bits per heavy atom. The van der Waals surface area contributed by atoms with Crippen molar-refractivity contribution in [1.82, 2.24) is 14.8 Å². The number of rotatable bonds is 5. The molecule has 26 heavy (non-hydrogen) atoms. The minimum atomic E-state index is -0.114. The summed E-state index contributed by atoms with van der Waals surface area (Å²) in [5.41, 5.74) is 3.52. The number of nitrogens with zero attached hydrogens (tertiary/aromatic N) is 2. The van der Waals surface area contributed by atoms with Gasteiger partial charge in [-0.25, -0.2) is 0 Å². The first-order valence-electron chi connectivity index (χ1n) is 8.15.